The Labute approximate surface area is 105 Å². The third kappa shape index (κ3) is 3.46. The van der Waals surface area contributed by atoms with Crippen molar-refractivity contribution < 1.29 is 14.3 Å². The molecule has 0 aromatic heterocycles. The molecule has 17 heavy (non-hydrogen) atoms. The summed E-state index contributed by atoms with van der Waals surface area (Å²) in [5.74, 6) is -0.481. The van der Waals surface area contributed by atoms with E-state index in [4.69, 9.17) is 16.3 Å². The van der Waals surface area contributed by atoms with Crippen molar-refractivity contribution in [1.82, 2.24) is 5.32 Å². The van der Waals surface area contributed by atoms with Crippen LogP contribution in [0, 0.1) is 6.92 Å². The van der Waals surface area contributed by atoms with E-state index in [-0.39, 0.29) is 6.54 Å². The van der Waals surface area contributed by atoms with E-state index in [2.05, 4.69) is 5.32 Å². The lowest BCUT2D eigenvalue weighted by Gasteiger charge is -2.12. The van der Waals surface area contributed by atoms with Crippen LogP contribution in [0.25, 0.3) is 0 Å². The molecule has 1 aromatic carbocycles. The number of aryl methyl sites for hydroxylation is 1. The van der Waals surface area contributed by atoms with Gasteiger partial charge in [0.15, 0.2) is 0 Å². The summed E-state index contributed by atoms with van der Waals surface area (Å²) in [6.07, 6.45) is 0. The van der Waals surface area contributed by atoms with E-state index < -0.39 is 11.7 Å². The third-order valence-electron chi connectivity index (χ3n) is 2.28. The fourth-order valence-corrected chi connectivity index (χ4v) is 1.82. The van der Waals surface area contributed by atoms with Gasteiger partial charge in [-0.3, -0.25) is 9.59 Å². The molecule has 5 heteroatoms. The SMILES string of the molecule is COc1c(C)cc(Cl)cc1CNC(=O)C(C)=O. The number of methoxy groups -OCH3 is 1. The molecule has 0 aliphatic carbocycles. The van der Waals surface area contributed by atoms with E-state index in [1.165, 1.54) is 6.92 Å². The lowest BCUT2D eigenvalue weighted by molar-refractivity contribution is -0.136. The highest BCUT2D eigenvalue weighted by molar-refractivity contribution is 6.35. The van der Waals surface area contributed by atoms with Crippen molar-refractivity contribution in [3.8, 4) is 5.75 Å². The maximum Gasteiger partial charge on any atom is 0.287 e. The lowest BCUT2D eigenvalue weighted by Crippen LogP contribution is -2.28. The van der Waals surface area contributed by atoms with Gasteiger partial charge in [-0.2, -0.15) is 0 Å². The second kappa shape index (κ2) is 5.68. The van der Waals surface area contributed by atoms with Crippen molar-refractivity contribution in [2.45, 2.75) is 20.4 Å². The van der Waals surface area contributed by atoms with E-state index >= 15 is 0 Å². The van der Waals surface area contributed by atoms with Gasteiger partial charge in [-0.1, -0.05) is 11.6 Å². The first-order chi connectivity index (χ1) is 7.95. The van der Waals surface area contributed by atoms with Gasteiger partial charge in [0.2, 0.25) is 5.78 Å². The summed E-state index contributed by atoms with van der Waals surface area (Å²) >= 11 is 5.92. The fourth-order valence-electron chi connectivity index (χ4n) is 1.52. The molecule has 1 amide bonds. The number of rotatable bonds is 4. The van der Waals surface area contributed by atoms with Gasteiger partial charge in [0, 0.05) is 24.1 Å². The molecule has 0 fully saturated rings. The molecule has 92 valence electrons. The predicted molar refractivity (Wildman–Crippen MR) is 65.3 cm³/mol. The largest absolute Gasteiger partial charge is 0.496 e. The second-order valence-corrected chi connectivity index (χ2v) is 4.09. The first-order valence-electron chi connectivity index (χ1n) is 5.07. The Morgan fingerprint density at radius 1 is 1.41 bits per heavy atom. The molecule has 0 aliphatic heterocycles. The van der Waals surface area contributed by atoms with Crippen molar-refractivity contribution in [3.05, 3.63) is 28.3 Å². The van der Waals surface area contributed by atoms with Crippen LogP contribution in [-0.4, -0.2) is 18.8 Å². The normalized spacial score (nSPS) is 9.88. The van der Waals surface area contributed by atoms with Crippen LogP contribution in [0.1, 0.15) is 18.1 Å². The Hall–Kier alpha value is -1.55. The number of ether oxygens (including phenoxy) is 1. The monoisotopic (exact) mass is 255 g/mol. The molecular formula is C12H14ClNO3. The Morgan fingerprint density at radius 2 is 2.06 bits per heavy atom. The molecule has 0 aliphatic rings. The molecular weight excluding hydrogens is 242 g/mol. The molecule has 0 atom stereocenters. The molecule has 0 bridgehead atoms. The number of nitrogens with one attached hydrogen (secondary N) is 1. The summed E-state index contributed by atoms with van der Waals surface area (Å²) in [5.41, 5.74) is 1.62. The zero-order chi connectivity index (χ0) is 13.0. The summed E-state index contributed by atoms with van der Waals surface area (Å²) in [5, 5.41) is 3.07. The topological polar surface area (TPSA) is 55.4 Å². The average Bonchev–Trinajstić information content (AvgIpc) is 2.24. The second-order valence-electron chi connectivity index (χ2n) is 3.65. The van der Waals surface area contributed by atoms with Crippen molar-refractivity contribution in [3.63, 3.8) is 0 Å². The smallest absolute Gasteiger partial charge is 0.287 e. The Morgan fingerprint density at radius 3 is 2.59 bits per heavy atom. The van der Waals surface area contributed by atoms with E-state index in [0.29, 0.717) is 10.8 Å². The molecule has 1 aromatic rings. The molecule has 1 N–H and O–H groups in total. The first kappa shape index (κ1) is 13.5. The molecule has 0 heterocycles. The predicted octanol–water partition coefficient (Wildman–Crippen LogP) is 1.86. The number of hydrogen-bond donors (Lipinski definition) is 1. The number of benzene rings is 1. The van der Waals surface area contributed by atoms with Gasteiger partial charge in [-0.25, -0.2) is 0 Å². The van der Waals surface area contributed by atoms with Crippen LogP contribution in [-0.2, 0) is 16.1 Å². The van der Waals surface area contributed by atoms with Gasteiger partial charge in [-0.05, 0) is 24.6 Å². The molecule has 0 radical (unpaired) electrons. The fraction of sp³-hybridized carbons (Fsp3) is 0.333. The molecule has 4 nitrogen and oxygen atoms in total. The van der Waals surface area contributed by atoms with E-state index in [1.54, 1.807) is 19.2 Å². The van der Waals surface area contributed by atoms with Gasteiger partial charge in [0.25, 0.3) is 5.91 Å². The minimum atomic E-state index is -0.621. The molecule has 0 spiro atoms. The Balaban J connectivity index is 2.90. The highest BCUT2D eigenvalue weighted by Crippen LogP contribution is 2.27. The van der Waals surface area contributed by atoms with Crippen LogP contribution in [0.5, 0.6) is 5.75 Å². The van der Waals surface area contributed by atoms with Gasteiger partial charge in [0.1, 0.15) is 5.75 Å². The van der Waals surface area contributed by atoms with Gasteiger partial charge >= 0.3 is 0 Å². The van der Waals surface area contributed by atoms with Crippen LogP contribution < -0.4 is 10.1 Å². The number of hydrogen-bond acceptors (Lipinski definition) is 3. The van der Waals surface area contributed by atoms with Gasteiger partial charge in [-0.15, -0.1) is 0 Å². The zero-order valence-corrected chi connectivity index (χ0v) is 10.7. The minimum absolute atomic E-state index is 0.211. The van der Waals surface area contributed by atoms with Crippen LogP contribution in [0.15, 0.2) is 12.1 Å². The quantitative estimate of drug-likeness (QED) is 0.836. The van der Waals surface area contributed by atoms with E-state index in [9.17, 15) is 9.59 Å². The average molecular weight is 256 g/mol. The number of halogens is 1. The number of amides is 1. The third-order valence-corrected chi connectivity index (χ3v) is 2.50. The molecule has 0 saturated heterocycles. The maximum atomic E-state index is 11.2. The van der Waals surface area contributed by atoms with E-state index in [0.717, 1.165) is 11.1 Å². The van der Waals surface area contributed by atoms with Crippen molar-refractivity contribution in [2.24, 2.45) is 0 Å². The van der Waals surface area contributed by atoms with Crippen molar-refractivity contribution >= 4 is 23.3 Å². The minimum Gasteiger partial charge on any atom is -0.496 e. The number of Topliss-reactive ketones (excluding diaryl/α,β-unsaturated/α-hetero) is 1. The highest BCUT2D eigenvalue weighted by atomic mass is 35.5. The number of carbonyl (C=O) groups excluding carboxylic acids is 2. The van der Waals surface area contributed by atoms with Crippen molar-refractivity contribution in [1.29, 1.82) is 0 Å². The van der Waals surface area contributed by atoms with Crippen LogP contribution in [0.2, 0.25) is 5.02 Å². The maximum absolute atomic E-state index is 11.2. The van der Waals surface area contributed by atoms with Gasteiger partial charge in [0.05, 0.1) is 7.11 Å². The van der Waals surface area contributed by atoms with Crippen molar-refractivity contribution in [2.75, 3.05) is 7.11 Å². The number of ketones is 1. The van der Waals surface area contributed by atoms with Crippen LogP contribution in [0.4, 0.5) is 0 Å². The first-order valence-corrected chi connectivity index (χ1v) is 5.45. The van der Waals surface area contributed by atoms with Crippen LogP contribution in [0.3, 0.4) is 0 Å². The van der Waals surface area contributed by atoms with E-state index in [1.807, 2.05) is 6.92 Å². The molecule has 0 unspecified atom stereocenters. The number of carbonyl (C=O) groups is 2. The summed E-state index contributed by atoms with van der Waals surface area (Å²) in [7, 11) is 1.55. The zero-order valence-electron chi connectivity index (χ0n) is 9.96. The van der Waals surface area contributed by atoms with Gasteiger partial charge < -0.3 is 10.1 Å². The Bertz CT molecular complexity index is 457. The molecule has 1 rings (SSSR count). The standard InChI is InChI=1S/C12H14ClNO3/c1-7-4-10(13)5-9(11(7)17-3)6-14-12(16)8(2)15/h4-5H,6H2,1-3H3,(H,14,16). The van der Waals surface area contributed by atoms with Crippen LogP contribution >= 0.6 is 11.6 Å². The summed E-state index contributed by atoms with van der Waals surface area (Å²) < 4.78 is 5.23. The molecule has 0 saturated carbocycles. The highest BCUT2D eigenvalue weighted by Gasteiger charge is 2.11. The summed E-state index contributed by atoms with van der Waals surface area (Å²) in [6, 6.07) is 3.48. The Kier molecular flexibility index (Phi) is 4.52. The summed E-state index contributed by atoms with van der Waals surface area (Å²) in [6.45, 7) is 3.29. The lowest BCUT2D eigenvalue weighted by atomic mass is 10.1. The summed E-state index contributed by atoms with van der Waals surface area (Å²) in [4.78, 5) is 21.9.